The molecule has 0 atom stereocenters. The van der Waals surface area contributed by atoms with E-state index in [1.54, 1.807) is 12.1 Å². The summed E-state index contributed by atoms with van der Waals surface area (Å²) in [5.41, 5.74) is 7.45. The van der Waals surface area contributed by atoms with Crippen LogP contribution in [0, 0.1) is 17.7 Å². The lowest BCUT2D eigenvalue weighted by molar-refractivity contribution is 0.104. The molecule has 0 amide bonds. The molecule has 0 heterocycles. The number of ether oxygens (including phenoxy) is 1. The van der Waals surface area contributed by atoms with Crippen molar-refractivity contribution >= 4 is 15.9 Å². The van der Waals surface area contributed by atoms with Crippen molar-refractivity contribution in [2.45, 2.75) is 13.2 Å². The normalized spacial score (nSPS) is 10.0. The van der Waals surface area contributed by atoms with E-state index in [0.29, 0.717) is 17.7 Å². The van der Waals surface area contributed by atoms with E-state index in [1.165, 1.54) is 6.07 Å². The molecule has 0 aliphatic rings. The molecule has 0 fully saturated rings. The van der Waals surface area contributed by atoms with Crippen LogP contribution in [0.25, 0.3) is 0 Å². The van der Waals surface area contributed by atoms with Crippen LogP contribution < -0.4 is 5.73 Å². The first-order valence-corrected chi connectivity index (χ1v) is 7.28. The van der Waals surface area contributed by atoms with E-state index in [1.807, 2.05) is 24.3 Å². The first-order valence-electron chi connectivity index (χ1n) is 6.49. The summed E-state index contributed by atoms with van der Waals surface area (Å²) in [5, 5.41) is 0. The fourth-order valence-corrected chi connectivity index (χ4v) is 2.18. The zero-order valence-electron chi connectivity index (χ0n) is 11.4. The van der Waals surface area contributed by atoms with Gasteiger partial charge in [0.25, 0.3) is 0 Å². The van der Waals surface area contributed by atoms with Gasteiger partial charge in [0.05, 0.1) is 19.8 Å². The van der Waals surface area contributed by atoms with Crippen molar-refractivity contribution in [3.63, 3.8) is 0 Å². The van der Waals surface area contributed by atoms with Gasteiger partial charge < -0.3 is 10.5 Å². The third-order valence-electron chi connectivity index (χ3n) is 2.86. The first-order chi connectivity index (χ1) is 10.2. The summed E-state index contributed by atoms with van der Waals surface area (Å²) >= 11 is 3.45. The predicted octanol–water partition coefficient (Wildman–Crippen LogP) is 3.62. The fourth-order valence-electron chi connectivity index (χ4n) is 1.78. The van der Waals surface area contributed by atoms with E-state index in [0.717, 1.165) is 10.0 Å². The van der Waals surface area contributed by atoms with Crippen LogP contribution in [0.3, 0.4) is 0 Å². The summed E-state index contributed by atoms with van der Waals surface area (Å²) in [5.74, 6) is 5.18. The fraction of sp³-hybridized carbons (Fsp3) is 0.176. The summed E-state index contributed by atoms with van der Waals surface area (Å²) in [7, 11) is 0. The highest BCUT2D eigenvalue weighted by Gasteiger charge is 2.04. The maximum Gasteiger partial charge on any atom is 0.129 e. The molecule has 0 radical (unpaired) electrons. The molecule has 2 nitrogen and oxygen atoms in total. The molecule has 2 aromatic rings. The Bertz CT molecular complexity index is 676. The smallest absolute Gasteiger partial charge is 0.129 e. The minimum absolute atomic E-state index is 0.220. The lowest BCUT2D eigenvalue weighted by atomic mass is 10.1. The summed E-state index contributed by atoms with van der Waals surface area (Å²) in [4.78, 5) is 0. The van der Waals surface area contributed by atoms with Crippen molar-refractivity contribution in [2.75, 3.05) is 6.54 Å². The maximum absolute atomic E-state index is 13.9. The maximum atomic E-state index is 13.9. The number of halogens is 2. The molecular weight excluding hydrogens is 333 g/mol. The van der Waals surface area contributed by atoms with E-state index in [-0.39, 0.29) is 19.0 Å². The van der Waals surface area contributed by atoms with Crippen molar-refractivity contribution in [1.82, 2.24) is 0 Å². The molecule has 0 aliphatic heterocycles. The molecule has 2 N–H and O–H groups in total. The van der Waals surface area contributed by atoms with Crippen LogP contribution in [0.5, 0.6) is 0 Å². The Labute approximate surface area is 132 Å². The van der Waals surface area contributed by atoms with Gasteiger partial charge >= 0.3 is 0 Å². The van der Waals surface area contributed by atoms with Crippen LogP contribution in [0.1, 0.15) is 16.7 Å². The highest BCUT2D eigenvalue weighted by atomic mass is 79.9. The Kier molecular flexibility index (Phi) is 5.94. The molecule has 0 saturated carbocycles. The third-order valence-corrected chi connectivity index (χ3v) is 3.63. The van der Waals surface area contributed by atoms with Gasteiger partial charge in [0, 0.05) is 15.6 Å². The van der Waals surface area contributed by atoms with Crippen molar-refractivity contribution in [1.29, 1.82) is 0 Å². The molecule has 21 heavy (non-hydrogen) atoms. The second-order valence-electron chi connectivity index (χ2n) is 4.40. The number of rotatable bonds is 4. The average Bonchev–Trinajstić information content (AvgIpc) is 2.49. The van der Waals surface area contributed by atoms with Gasteiger partial charge in [0.2, 0.25) is 0 Å². The van der Waals surface area contributed by atoms with Crippen molar-refractivity contribution < 1.29 is 9.13 Å². The number of hydrogen-bond acceptors (Lipinski definition) is 2. The molecule has 108 valence electrons. The summed E-state index contributed by atoms with van der Waals surface area (Å²) in [6.07, 6.45) is 0. The van der Waals surface area contributed by atoms with Gasteiger partial charge in [0.1, 0.15) is 5.82 Å². The zero-order chi connectivity index (χ0) is 15.1. The lowest BCUT2D eigenvalue weighted by Gasteiger charge is -2.07. The van der Waals surface area contributed by atoms with Crippen molar-refractivity contribution in [3.05, 3.63) is 69.4 Å². The van der Waals surface area contributed by atoms with Gasteiger partial charge in [-0.3, -0.25) is 0 Å². The largest absolute Gasteiger partial charge is 0.372 e. The predicted molar refractivity (Wildman–Crippen MR) is 85.0 cm³/mol. The van der Waals surface area contributed by atoms with E-state index < -0.39 is 0 Å². The third kappa shape index (κ3) is 4.68. The SMILES string of the molecule is NCC#Cc1ccc(COCc2ccccc2Br)c(F)c1. The Hall–Kier alpha value is -1.67. The van der Waals surface area contributed by atoms with Crippen molar-refractivity contribution in [2.24, 2.45) is 5.73 Å². The molecule has 0 spiro atoms. The first kappa shape index (κ1) is 15.7. The highest BCUT2D eigenvalue weighted by molar-refractivity contribution is 9.10. The second-order valence-corrected chi connectivity index (χ2v) is 5.25. The molecule has 4 heteroatoms. The number of benzene rings is 2. The molecule has 0 aromatic heterocycles. The minimum atomic E-state index is -0.314. The Morgan fingerprint density at radius 1 is 1.10 bits per heavy atom. The molecule has 0 aliphatic carbocycles. The van der Waals surface area contributed by atoms with Crippen LogP contribution >= 0.6 is 15.9 Å². The van der Waals surface area contributed by atoms with Crippen LogP contribution in [-0.2, 0) is 18.0 Å². The second kappa shape index (κ2) is 7.94. The van der Waals surface area contributed by atoms with Gasteiger partial charge in [-0.2, -0.15) is 0 Å². The lowest BCUT2D eigenvalue weighted by Crippen LogP contribution is -1.98. The van der Waals surface area contributed by atoms with Gasteiger partial charge in [0.15, 0.2) is 0 Å². The molecule has 2 rings (SSSR count). The quantitative estimate of drug-likeness (QED) is 0.857. The molecule has 2 aromatic carbocycles. The van der Waals surface area contributed by atoms with Crippen LogP contribution in [-0.4, -0.2) is 6.54 Å². The monoisotopic (exact) mass is 347 g/mol. The Balaban J connectivity index is 1.96. The van der Waals surface area contributed by atoms with E-state index in [2.05, 4.69) is 27.8 Å². The topological polar surface area (TPSA) is 35.2 Å². The van der Waals surface area contributed by atoms with E-state index >= 15 is 0 Å². The van der Waals surface area contributed by atoms with Gasteiger partial charge in [-0.15, -0.1) is 0 Å². The number of hydrogen-bond donors (Lipinski definition) is 1. The van der Waals surface area contributed by atoms with Gasteiger partial charge in [-0.05, 0) is 23.8 Å². The van der Waals surface area contributed by atoms with Crippen LogP contribution in [0.15, 0.2) is 46.9 Å². The molecule has 0 saturated heterocycles. The highest BCUT2D eigenvalue weighted by Crippen LogP contribution is 2.18. The zero-order valence-corrected chi connectivity index (χ0v) is 13.0. The van der Waals surface area contributed by atoms with Crippen molar-refractivity contribution in [3.8, 4) is 11.8 Å². The standard InChI is InChI=1S/C17H15BrFNO/c18-16-6-2-1-5-14(16)11-21-12-15-8-7-13(4-3-9-20)10-17(15)19/h1-2,5-8,10H,9,11-12,20H2. The number of nitrogens with two attached hydrogens (primary N) is 1. The van der Waals surface area contributed by atoms with E-state index in [4.69, 9.17) is 10.5 Å². The van der Waals surface area contributed by atoms with E-state index in [9.17, 15) is 4.39 Å². The molecule has 0 bridgehead atoms. The summed E-state index contributed by atoms with van der Waals surface area (Å²) < 4.78 is 20.4. The average molecular weight is 348 g/mol. The summed E-state index contributed by atoms with van der Waals surface area (Å²) in [6, 6.07) is 12.7. The molecular formula is C17H15BrFNO. The minimum Gasteiger partial charge on any atom is -0.372 e. The van der Waals surface area contributed by atoms with Crippen LogP contribution in [0.4, 0.5) is 4.39 Å². The Morgan fingerprint density at radius 2 is 1.86 bits per heavy atom. The Morgan fingerprint density at radius 3 is 2.57 bits per heavy atom. The van der Waals surface area contributed by atoms with Gasteiger partial charge in [-0.1, -0.05) is 52.0 Å². The molecule has 0 unspecified atom stereocenters. The van der Waals surface area contributed by atoms with Crippen LogP contribution in [0.2, 0.25) is 0 Å². The van der Waals surface area contributed by atoms with Gasteiger partial charge in [-0.25, -0.2) is 4.39 Å². The summed E-state index contributed by atoms with van der Waals surface area (Å²) in [6.45, 7) is 0.909.